The first-order valence-corrected chi connectivity index (χ1v) is 2.23. The van der Waals surface area contributed by atoms with Gasteiger partial charge in [-0.15, -0.1) is 0 Å². The van der Waals surface area contributed by atoms with E-state index in [1.54, 1.807) is 0 Å². The molecular formula is C4H8KNO4. The molecule has 0 aromatic heterocycles. The molecule has 5 nitrogen and oxygen atoms in total. The first kappa shape index (κ1) is 13.1. The Morgan fingerprint density at radius 3 is 2.00 bits per heavy atom. The summed E-state index contributed by atoms with van der Waals surface area (Å²) in [5.41, 5.74) is 4.53. The van der Waals surface area contributed by atoms with Gasteiger partial charge in [-0.25, -0.2) is 0 Å². The van der Waals surface area contributed by atoms with Crippen LogP contribution < -0.4 is 5.73 Å². The summed E-state index contributed by atoms with van der Waals surface area (Å²) in [7, 11) is 0. The Labute approximate surface area is 100 Å². The number of carbonyl (C=O) groups is 2. The van der Waals surface area contributed by atoms with E-state index in [0.29, 0.717) is 0 Å². The van der Waals surface area contributed by atoms with E-state index < -0.39 is 24.4 Å². The minimum absolute atomic E-state index is 0. The fraction of sp³-hybridized carbons (Fsp3) is 0.500. The zero-order valence-electron chi connectivity index (χ0n) is 4.57. The van der Waals surface area contributed by atoms with Gasteiger partial charge in [0.05, 0.1) is 6.42 Å². The van der Waals surface area contributed by atoms with Gasteiger partial charge in [0.15, 0.2) is 0 Å². The molecule has 0 fully saturated rings. The molecule has 0 aliphatic rings. The monoisotopic (exact) mass is 173 g/mol. The summed E-state index contributed by atoms with van der Waals surface area (Å²) in [6.45, 7) is 0. The van der Waals surface area contributed by atoms with Crippen molar-refractivity contribution < 1.29 is 19.8 Å². The molecule has 1 amide bonds. The van der Waals surface area contributed by atoms with E-state index in [9.17, 15) is 9.59 Å². The molecule has 1 unspecified atom stereocenters. The molecule has 54 valence electrons. The SMILES string of the molecule is NC(=O)C(O)CC(=O)O.[KH]. The van der Waals surface area contributed by atoms with E-state index >= 15 is 0 Å². The van der Waals surface area contributed by atoms with Crippen molar-refractivity contribution in [2.75, 3.05) is 0 Å². The van der Waals surface area contributed by atoms with Gasteiger partial charge in [0, 0.05) is 0 Å². The van der Waals surface area contributed by atoms with Gasteiger partial charge < -0.3 is 15.9 Å². The summed E-state index contributed by atoms with van der Waals surface area (Å²) in [4.78, 5) is 19.7. The third-order valence-corrected chi connectivity index (χ3v) is 0.696. The quantitative estimate of drug-likeness (QED) is 0.416. The Hall–Kier alpha value is 0.536. The molecule has 10 heavy (non-hydrogen) atoms. The van der Waals surface area contributed by atoms with Crippen LogP contribution in [-0.2, 0) is 9.59 Å². The number of aliphatic carboxylic acids is 1. The summed E-state index contributed by atoms with van der Waals surface area (Å²) in [6.07, 6.45) is -2.20. The van der Waals surface area contributed by atoms with Crippen molar-refractivity contribution in [3.8, 4) is 0 Å². The molecule has 0 saturated carbocycles. The summed E-state index contributed by atoms with van der Waals surface area (Å²) < 4.78 is 0. The Morgan fingerprint density at radius 2 is 1.90 bits per heavy atom. The molecule has 0 aliphatic carbocycles. The fourth-order valence-electron chi connectivity index (χ4n) is 0.266. The van der Waals surface area contributed by atoms with Crippen molar-refractivity contribution in [1.29, 1.82) is 0 Å². The number of carboxylic acids is 1. The zero-order chi connectivity index (χ0) is 7.44. The summed E-state index contributed by atoms with van der Waals surface area (Å²) in [5, 5.41) is 16.4. The Bertz CT molecular complexity index is 137. The van der Waals surface area contributed by atoms with Crippen molar-refractivity contribution in [3.63, 3.8) is 0 Å². The maximum absolute atomic E-state index is 9.94. The fourth-order valence-corrected chi connectivity index (χ4v) is 0.266. The zero-order valence-corrected chi connectivity index (χ0v) is 4.57. The van der Waals surface area contributed by atoms with Crippen molar-refractivity contribution in [2.45, 2.75) is 12.5 Å². The Kier molecular flexibility index (Phi) is 8.23. The van der Waals surface area contributed by atoms with Crippen molar-refractivity contribution in [2.24, 2.45) is 5.73 Å². The van der Waals surface area contributed by atoms with Crippen LogP contribution in [0.2, 0.25) is 0 Å². The number of carboxylic acid groups (broad SMARTS) is 1. The van der Waals surface area contributed by atoms with E-state index in [4.69, 9.17) is 10.2 Å². The second-order valence-electron chi connectivity index (χ2n) is 1.52. The number of aliphatic hydroxyl groups excluding tert-OH is 1. The van der Waals surface area contributed by atoms with Crippen LogP contribution in [0.25, 0.3) is 0 Å². The van der Waals surface area contributed by atoms with E-state index in [-0.39, 0.29) is 51.4 Å². The Morgan fingerprint density at radius 1 is 1.50 bits per heavy atom. The van der Waals surface area contributed by atoms with Crippen molar-refractivity contribution >= 4 is 63.3 Å². The molecule has 4 N–H and O–H groups in total. The van der Waals surface area contributed by atoms with Gasteiger partial charge in [0.25, 0.3) is 0 Å². The molecule has 0 aromatic carbocycles. The second kappa shape index (κ2) is 6.26. The summed E-state index contributed by atoms with van der Waals surface area (Å²) in [5.74, 6) is -2.27. The van der Waals surface area contributed by atoms with Crippen LogP contribution in [0.3, 0.4) is 0 Å². The third kappa shape index (κ3) is 6.65. The molecule has 0 heterocycles. The number of aliphatic hydroxyl groups is 1. The summed E-state index contributed by atoms with van der Waals surface area (Å²) >= 11 is 0. The van der Waals surface area contributed by atoms with Gasteiger partial charge in [-0.3, -0.25) is 9.59 Å². The van der Waals surface area contributed by atoms with Crippen LogP contribution in [-0.4, -0.2) is 79.6 Å². The number of amides is 1. The molecule has 0 aromatic rings. The molecule has 0 spiro atoms. The van der Waals surface area contributed by atoms with Crippen LogP contribution in [0.15, 0.2) is 0 Å². The van der Waals surface area contributed by atoms with E-state index in [0.717, 1.165) is 0 Å². The molecule has 0 radical (unpaired) electrons. The summed E-state index contributed by atoms with van der Waals surface area (Å²) in [6, 6.07) is 0. The molecule has 0 bridgehead atoms. The maximum atomic E-state index is 9.94. The average Bonchev–Trinajstić information content (AvgIpc) is 1.63. The molecule has 0 aliphatic heterocycles. The van der Waals surface area contributed by atoms with Gasteiger partial charge in [-0.2, -0.15) is 0 Å². The van der Waals surface area contributed by atoms with E-state index in [1.165, 1.54) is 0 Å². The van der Waals surface area contributed by atoms with Crippen LogP contribution in [0, 0.1) is 0 Å². The first-order valence-electron chi connectivity index (χ1n) is 2.23. The topological polar surface area (TPSA) is 101 Å². The molecule has 6 heteroatoms. The molecular weight excluding hydrogens is 165 g/mol. The van der Waals surface area contributed by atoms with Gasteiger partial charge in [0.1, 0.15) is 6.10 Å². The number of hydrogen-bond donors (Lipinski definition) is 3. The normalized spacial score (nSPS) is 11.3. The van der Waals surface area contributed by atoms with Crippen molar-refractivity contribution in [1.82, 2.24) is 0 Å². The predicted molar refractivity (Wildman–Crippen MR) is 34.6 cm³/mol. The number of nitrogens with two attached hydrogens (primary N) is 1. The number of hydrogen-bond acceptors (Lipinski definition) is 3. The molecule has 0 saturated heterocycles. The first-order chi connectivity index (χ1) is 4.04. The average molecular weight is 173 g/mol. The minimum atomic E-state index is -1.57. The predicted octanol–water partition coefficient (Wildman–Crippen LogP) is -2.34. The van der Waals surface area contributed by atoms with E-state index in [2.05, 4.69) is 5.73 Å². The van der Waals surface area contributed by atoms with Gasteiger partial charge >= 0.3 is 57.4 Å². The van der Waals surface area contributed by atoms with Crippen LogP contribution in [0.5, 0.6) is 0 Å². The van der Waals surface area contributed by atoms with E-state index in [1.807, 2.05) is 0 Å². The second-order valence-corrected chi connectivity index (χ2v) is 1.52. The van der Waals surface area contributed by atoms with Crippen LogP contribution >= 0.6 is 0 Å². The van der Waals surface area contributed by atoms with Gasteiger partial charge in [-0.05, 0) is 0 Å². The van der Waals surface area contributed by atoms with Crippen LogP contribution in [0.4, 0.5) is 0 Å². The van der Waals surface area contributed by atoms with Gasteiger partial charge in [-0.1, -0.05) is 0 Å². The Balaban J connectivity index is 0. The molecule has 0 rings (SSSR count). The van der Waals surface area contributed by atoms with Crippen molar-refractivity contribution in [3.05, 3.63) is 0 Å². The standard InChI is InChI=1S/C4H7NO4.K.H/c5-4(9)2(6)1-3(7)8;;/h2,6H,1H2,(H2,5,9)(H,7,8);;. The van der Waals surface area contributed by atoms with Gasteiger partial charge in [0.2, 0.25) is 5.91 Å². The number of rotatable bonds is 3. The molecule has 1 atom stereocenters. The number of carbonyl (C=O) groups excluding carboxylic acids is 1. The number of primary amides is 1. The third-order valence-electron chi connectivity index (χ3n) is 0.696. The van der Waals surface area contributed by atoms with Crippen LogP contribution in [0.1, 0.15) is 6.42 Å².